The zero-order chi connectivity index (χ0) is 19.3. The molecule has 0 bridgehead atoms. The quantitative estimate of drug-likeness (QED) is 0.572. The Kier molecular flexibility index (Phi) is 6.69. The fraction of sp³-hybridized carbons (Fsp3) is 0.250. The van der Waals surface area contributed by atoms with E-state index >= 15 is 0 Å². The van der Waals surface area contributed by atoms with Crippen LogP contribution < -0.4 is 20.1 Å². The van der Waals surface area contributed by atoms with E-state index in [1.165, 1.54) is 0 Å². The van der Waals surface area contributed by atoms with Crippen molar-refractivity contribution >= 4 is 24.0 Å². The second-order valence-corrected chi connectivity index (χ2v) is 6.43. The number of H-pyrrole nitrogens is 1. The van der Waals surface area contributed by atoms with Crippen molar-refractivity contribution in [2.45, 2.75) is 19.6 Å². The lowest BCUT2D eigenvalue weighted by molar-refractivity contribution is 0.102. The molecular formula is C20H22ClN5O3. The number of amides is 1. The summed E-state index contributed by atoms with van der Waals surface area (Å²) in [6.07, 6.45) is 4.29. The maximum Gasteiger partial charge on any atom is 0.276 e. The number of hydrogen-bond donors (Lipinski definition) is 3. The predicted octanol–water partition coefficient (Wildman–Crippen LogP) is 2.71. The number of fused-ring (bicyclic) bond motifs is 1. The first-order chi connectivity index (χ1) is 13.7. The number of ether oxygens (including phenoxy) is 2. The molecule has 1 aliphatic heterocycles. The Balaban J connectivity index is 0.00000240. The number of methoxy groups -OCH3 is 1. The normalized spacial score (nSPS) is 12.4. The number of rotatable bonds is 6. The second kappa shape index (κ2) is 9.40. The van der Waals surface area contributed by atoms with Crippen LogP contribution in [0.3, 0.4) is 0 Å². The van der Waals surface area contributed by atoms with Crippen molar-refractivity contribution in [2.24, 2.45) is 0 Å². The van der Waals surface area contributed by atoms with Gasteiger partial charge in [0.2, 0.25) is 0 Å². The summed E-state index contributed by atoms with van der Waals surface area (Å²) in [5.74, 6) is 0.864. The molecule has 1 aromatic carbocycles. The number of nitrogens with one attached hydrogen (secondary N) is 3. The standard InChI is InChI=1S/C20H21N5O3.ClH/c1-27-17-5-4-14(9-18(17)28-12-13-3-2-7-21-10-13)23-20(26)19-15-11-22-8-6-16(15)24-25-19;/h2-5,7,9-10,22H,6,8,11-12H2,1H3,(H,23,26)(H,24,25);1H. The molecule has 0 unspecified atom stereocenters. The fourth-order valence-corrected chi connectivity index (χ4v) is 3.12. The third kappa shape index (κ3) is 4.67. The molecule has 0 saturated carbocycles. The van der Waals surface area contributed by atoms with Crippen LogP contribution in [0.2, 0.25) is 0 Å². The Bertz CT molecular complexity index is 978. The van der Waals surface area contributed by atoms with Gasteiger partial charge in [0, 0.05) is 60.5 Å². The van der Waals surface area contributed by atoms with Gasteiger partial charge in [0.25, 0.3) is 5.91 Å². The number of hydrogen-bond acceptors (Lipinski definition) is 6. The van der Waals surface area contributed by atoms with Crippen LogP contribution in [0, 0.1) is 0 Å². The molecular weight excluding hydrogens is 394 g/mol. The molecule has 0 saturated heterocycles. The average Bonchev–Trinajstić information content (AvgIpc) is 3.17. The monoisotopic (exact) mass is 415 g/mol. The van der Waals surface area contributed by atoms with Gasteiger partial charge < -0.3 is 20.1 Å². The van der Waals surface area contributed by atoms with E-state index in [9.17, 15) is 4.79 Å². The van der Waals surface area contributed by atoms with Gasteiger partial charge in [-0.15, -0.1) is 12.4 Å². The lowest BCUT2D eigenvalue weighted by Gasteiger charge is -2.14. The molecule has 29 heavy (non-hydrogen) atoms. The first kappa shape index (κ1) is 20.6. The first-order valence-corrected chi connectivity index (χ1v) is 9.02. The lowest BCUT2D eigenvalue weighted by atomic mass is 10.1. The Labute approximate surface area is 174 Å². The average molecular weight is 416 g/mol. The van der Waals surface area contributed by atoms with Crippen molar-refractivity contribution in [1.29, 1.82) is 0 Å². The highest BCUT2D eigenvalue weighted by Gasteiger charge is 2.22. The lowest BCUT2D eigenvalue weighted by Crippen LogP contribution is -2.25. The Morgan fingerprint density at radius 2 is 2.17 bits per heavy atom. The Morgan fingerprint density at radius 1 is 1.28 bits per heavy atom. The van der Waals surface area contributed by atoms with Crippen LogP contribution >= 0.6 is 12.4 Å². The minimum atomic E-state index is -0.260. The van der Waals surface area contributed by atoms with Crippen LogP contribution in [-0.4, -0.2) is 34.7 Å². The van der Waals surface area contributed by atoms with Crippen molar-refractivity contribution in [3.63, 3.8) is 0 Å². The summed E-state index contributed by atoms with van der Waals surface area (Å²) in [4.78, 5) is 16.8. The number of benzene rings is 1. The van der Waals surface area contributed by atoms with Crippen LogP contribution in [-0.2, 0) is 19.6 Å². The summed E-state index contributed by atoms with van der Waals surface area (Å²) in [6, 6.07) is 9.05. The van der Waals surface area contributed by atoms with Crippen molar-refractivity contribution in [3.05, 3.63) is 65.2 Å². The van der Waals surface area contributed by atoms with Crippen molar-refractivity contribution < 1.29 is 14.3 Å². The van der Waals surface area contributed by atoms with E-state index in [-0.39, 0.29) is 18.3 Å². The smallest absolute Gasteiger partial charge is 0.276 e. The summed E-state index contributed by atoms with van der Waals surface area (Å²) in [6.45, 7) is 1.86. The first-order valence-electron chi connectivity index (χ1n) is 9.02. The van der Waals surface area contributed by atoms with Gasteiger partial charge in [-0.1, -0.05) is 6.07 Å². The van der Waals surface area contributed by atoms with Gasteiger partial charge in [-0.2, -0.15) is 5.10 Å². The molecule has 0 fully saturated rings. The van der Waals surface area contributed by atoms with Crippen LogP contribution in [0.4, 0.5) is 5.69 Å². The number of halogens is 1. The maximum atomic E-state index is 12.7. The summed E-state index contributed by atoms with van der Waals surface area (Å²) >= 11 is 0. The highest BCUT2D eigenvalue weighted by Crippen LogP contribution is 2.31. The molecule has 0 radical (unpaired) electrons. The number of nitrogens with zero attached hydrogens (tertiary/aromatic N) is 2. The van der Waals surface area contributed by atoms with E-state index in [2.05, 4.69) is 25.8 Å². The van der Waals surface area contributed by atoms with E-state index in [0.29, 0.717) is 36.0 Å². The van der Waals surface area contributed by atoms with E-state index in [1.54, 1.807) is 37.7 Å². The van der Waals surface area contributed by atoms with E-state index in [1.807, 2.05) is 12.1 Å². The zero-order valence-electron chi connectivity index (χ0n) is 15.9. The van der Waals surface area contributed by atoms with Crippen molar-refractivity contribution in [3.8, 4) is 11.5 Å². The third-order valence-electron chi connectivity index (χ3n) is 4.56. The molecule has 3 heterocycles. The minimum absolute atomic E-state index is 0. The third-order valence-corrected chi connectivity index (χ3v) is 4.56. The van der Waals surface area contributed by atoms with Gasteiger partial charge in [-0.3, -0.25) is 14.9 Å². The predicted molar refractivity (Wildman–Crippen MR) is 111 cm³/mol. The molecule has 3 N–H and O–H groups in total. The highest BCUT2D eigenvalue weighted by molar-refractivity contribution is 6.04. The highest BCUT2D eigenvalue weighted by atomic mass is 35.5. The van der Waals surface area contributed by atoms with E-state index in [4.69, 9.17) is 9.47 Å². The Morgan fingerprint density at radius 3 is 2.97 bits per heavy atom. The van der Waals surface area contributed by atoms with Gasteiger partial charge in [-0.25, -0.2) is 0 Å². The zero-order valence-corrected chi connectivity index (χ0v) is 16.7. The number of carbonyl (C=O) groups is 1. The molecule has 0 atom stereocenters. The summed E-state index contributed by atoms with van der Waals surface area (Å²) < 4.78 is 11.2. The number of pyridine rings is 1. The molecule has 152 valence electrons. The Hall–Kier alpha value is -3.10. The van der Waals surface area contributed by atoms with Crippen LogP contribution in [0.25, 0.3) is 0 Å². The molecule has 4 rings (SSSR count). The molecule has 0 aliphatic carbocycles. The number of carbonyl (C=O) groups excluding carboxylic acids is 1. The van der Waals surface area contributed by atoms with Gasteiger partial charge in [0.05, 0.1) is 7.11 Å². The number of aromatic amines is 1. The van der Waals surface area contributed by atoms with E-state index < -0.39 is 0 Å². The molecule has 1 amide bonds. The molecule has 8 nitrogen and oxygen atoms in total. The maximum absolute atomic E-state index is 12.7. The van der Waals surface area contributed by atoms with Gasteiger partial charge in [-0.05, 0) is 18.2 Å². The molecule has 0 spiro atoms. The van der Waals surface area contributed by atoms with Crippen molar-refractivity contribution in [2.75, 3.05) is 19.0 Å². The second-order valence-electron chi connectivity index (χ2n) is 6.43. The summed E-state index contributed by atoms with van der Waals surface area (Å²) in [7, 11) is 1.58. The molecule has 9 heteroatoms. The number of aromatic nitrogens is 3. The van der Waals surface area contributed by atoms with Crippen LogP contribution in [0.15, 0.2) is 42.7 Å². The molecule has 2 aromatic heterocycles. The van der Waals surface area contributed by atoms with Gasteiger partial charge in [0.15, 0.2) is 17.2 Å². The minimum Gasteiger partial charge on any atom is -0.493 e. The molecule has 3 aromatic rings. The summed E-state index contributed by atoms with van der Waals surface area (Å²) in [5, 5.41) is 13.3. The van der Waals surface area contributed by atoms with Crippen LogP contribution in [0.1, 0.15) is 27.3 Å². The van der Waals surface area contributed by atoms with E-state index in [0.717, 1.165) is 29.8 Å². The van der Waals surface area contributed by atoms with Crippen LogP contribution in [0.5, 0.6) is 11.5 Å². The fourth-order valence-electron chi connectivity index (χ4n) is 3.12. The summed E-state index contributed by atoms with van der Waals surface area (Å²) in [5.41, 5.74) is 3.89. The van der Waals surface area contributed by atoms with Gasteiger partial charge >= 0.3 is 0 Å². The largest absolute Gasteiger partial charge is 0.493 e. The van der Waals surface area contributed by atoms with Gasteiger partial charge in [0.1, 0.15) is 6.61 Å². The SMILES string of the molecule is COc1ccc(NC(=O)c2n[nH]c3c2CNCC3)cc1OCc1cccnc1.Cl. The molecule has 1 aliphatic rings. The van der Waals surface area contributed by atoms with Crippen molar-refractivity contribution in [1.82, 2.24) is 20.5 Å². The topological polar surface area (TPSA) is 101 Å². The number of anilines is 1.